The molecule has 41 heavy (non-hydrogen) atoms. The first-order valence-electron chi connectivity index (χ1n) is 13.3. The fourth-order valence-electron chi connectivity index (χ4n) is 5.01. The van der Waals surface area contributed by atoms with Crippen LogP contribution in [0.25, 0.3) is 0 Å². The minimum absolute atomic E-state index is 0.0000451. The zero-order chi connectivity index (χ0) is 29.6. The van der Waals surface area contributed by atoms with Crippen LogP contribution in [0.1, 0.15) is 36.8 Å². The van der Waals surface area contributed by atoms with Crippen LogP contribution in [0.5, 0.6) is 0 Å². The highest BCUT2D eigenvalue weighted by Gasteiger charge is 2.35. The van der Waals surface area contributed by atoms with E-state index >= 15 is 0 Å². The molecule has 0 saturated heterocycles. The molecule has 4 rings (SSSR count). The molecule has 0 bridgehead atoms. The Morgan fingerprint density at radius 3 is 2.22 bits per heavy atom. The standard InChI is InChI=1S/C30H32Cl3N3O4S/c1-41(39,40)36(27-16-15-23(31)18-26(27)33)20-29(37)35(19-22-11-5-8-14-25(22)32)28(17-21-9-3-2-4-10-21)30(38)34-24-12-6-7-13-24/h2-5,8-11,14-16,18,24,28H,6-7,12-13,17,19-20H2,1H3,(H,34,38)/t28-/m0/s1. The van der Waals surface area contributed by atoms with Gasteiger partial charge in [0.05, 0.1) is 17.0 Å². The second-order valence-corrected chi connectivity index (χ2v) is 13.3. The maximum absolute atomic E-state index is 14.2. The van der Waals surface area contributed by atoms with Crippen LogP contribution >= 0.6 is 34.8 Å². The van der Waals surface area contributed by atoms with Crippen molar-refractivity contribution in [2.75, 3.05) is 17.1 Å². The normalized spacial score (nSPS) is 14.4. The van der Waals surface area contributed by atoms with Gasteiger partial charge in [-0.15, -0.1) is 0 Å². The molecule has 0 heterocycles. The van der Waals surface area contributed by atoms with Gasteiger partial charge in [-0.1, -0.05) is 96.2 Å². The fourth-order valence-corrected chi connectivity index (χ4v) is 6.63. The molecule has 1 saturated carbocycles. The Hall–Kier alpha value is -2.78. The number of amides is 2. The van der Waals surface area contributed by atoms with Crippen LogP contribution in [0, 0.1) is 0 Å². The molecule has 0 radical (unpaired) electrons. The number of nitrogens with zero attached hydrogens (tertiary/aromatic N) is 2. The second-order valence-electron chi connectivity index (χ2n) is 10.2. The van der Waals surface area contributed by atoms with Crippen molar-refractivity contribution < 1.29 is 18.0 Å². The number of halogens is 3. The van der Waals surface area contributed by atoms with Crippen LogP contribution in [0.2, 0.25) is 15.1 Å². The third-order valence-corrected chi connectivity index (χ3v) is 9.16. The number of rotatable bonds is 11. The lowest BCUT2D eigenvalue weighted by molar-refractivity contribution is -0.140. The molecule has 1 fully saturated rings. The molecule has 11 heteroatoms. The highest BCUT2D eigenvalue weighted by atomic mass is 35.5. The zero-order valence-corrected chi connectivity index (χ0v) is 25.7. The van der Waals surface area contributed by atoms with Crippen LogP contribution in [0.15, 0.2) is 72.8 Å². The Bertz CT molecular complexity index is 1480. The van der Waals surface area contributed by atoms with Crippen molar-refractivity contribution >= 4 is 62.3 Å². The quantitative estimate of drug-likeness (QED) is 0.275. The molecule has 0 unspecified atom stereocenters. The average molecular weight is 637 g/mol. The number of carbonyl (C=O) groups excluding carboxylic acids is 2. The van der Waals surface area contributed by atoms with Crippen LogP contribution in [0.3, 0.4) is 0 Å². The summed E-state index contributed by atoms with van der Waals surface area (Å²) in [5.41, 5.74) is 1.60. The molecule has 2 amide bonds. The van der Waals surface area contributed by atoms with Crippen LogP contribution in [0.4, 0.5) is 5.69 Å². The largest absolute Gasteiger partial charge is 0.352 e. The molecule has 1 aliphatic rings. The van der Waals surface area contributed by atoms with E-state index < -0.39 is 28.5 Å². The van der Waals surface area contributed by atoms with Crippen molar-refractivity contribution in [3.63, 3.8) is 0 Å². The Labute approximate surface area is 256 Å². The summed E-state index contributed by atoms with van der Waals surface area (Å²) in [6, 6.07) is 19.9. The van der Waals surface area contributed by atoms with E-state index in [2.05, 4.69) is 5.32 Å². The maximum Gasteiger partial charge on any atom is 0.244 e. The molecular formula is C30H32Cl3N3O4S. The van der Waals surface area contributed by atoms with Crippen molar-refractivity contribution in [3.05, 3.63) is 99.0 Å². The summed E-state index contributed by atoms with van der Waals surface area (Å²) in [6.45, 7) is -0.577. The van der Waals surface area contributed by atoms with Gasteiger partial charge in [-0.25, -0.2) is 8.42 Å². The Balaban J connectivity index is 1.75. The summed E-state index contributed by atoms with van der Waals surface area (Å²) >= 11 is 18.9. The highest BCUT2D eigenvalue weighted by Crippen LogP contribution is 2.31. The number of hydrogen-bond donors (Lipinski definition) is 1. The Morgan fingerprint density at radius 1 is 0.927 bits per heavy atom. The van der Waals surface area contributed by atoms with Gasteiger partial charge in [-0.3, -0.25) is 13.9 Å². The van der Waals surface area contributed by atoms with Crippen LogP contribution in [-0.2, 0) is 32.6 Å². The molecule has 0 spiro atoms. The van der Waals surface area contributed by atoms with Gasteiger partial charge in [0.2, 0.25) is 21.8 Å². The van der Waals surface area contributed by atoms with Gasteiger partial charge < -0.3 is 10.2 Å². The molecule has 0 aromatic heterocycles. The molecule has 1 atom stereocenters. The van der Waals surface area contributed by atoms with Gasteiger partial charge in [0.15, 0.2) is 0 Å². The van der Waals surface area contributed by atoms with Gasteiger partial charge in [0, 0.05) is 29.1 Å². The zero-order valence-electron chi connectivity index (χ0n) is 22.6. The van der Waals surface area contributed by atoms with Crippen LogP contribution < -0.4 is 9.62 Å². The molecule has 0 aliphatic heterocycles. The smallest absolute Gasteiger partial charge is 0.244 e. The van der Waals surface area contributed by atoms with Gasteiger partial charge in [-0.2, -0.15) is 0 Å². The summed E-state index contributed by atoms with van der Waals surface area (Å²) in [5.74, 6) is -0.875. The number of anilines is 1. The fraction of sp³-hybridized carbons (Fsp3) is 0.333. The van der Waals surface area contributed by atoms with E-state index in [4.69, 9.17) is 34.8 Å². The Morgan fingerprint density at radius 2 is 1.59 bits per heavy atom. The Kier molecular flexibility index (Phi) is 10.6. The first kappa shape index (κ1) is 31.2. The third kappa shape index (κ3) is 8.38. The summed E-state index contributed by atoms with van der Waals surface area (Å²) in [7, 11) is -3.95. The number of carbonyl (C=O) groups is 2. The summed E-state index contributed by atoms with van der Waals surface area (Å²) in [4.78, 5) is 29.4. The number of benzene rings is 3. The van der Waals surface area contributed by atoms with E-state index in [-0.39, 0.29) is 35.6 Å². The van der Waals surface area contributed by atoms with Gasteiger partial charge in [0.25, 0.3) is 0 Å². The lowest BCUT2D eigenvalue weighted by Gasteiger charge is -2.34. The predicted molar refractivity (Wildman–Crippen MR) is 165 cm³/mol. The summed E-state index contributed by atoms with van der Waals surface area (Å²) in [5, 5.41) is 3.96. The lowest BCUT2D eigenvalue weighted by atomic mass is 10.0. The number of hydrogen-bond acceptors (Lipinski definition) is 4. The van der Waals surface area contributed by atoms with E-state index in [9.17, 15) is 18.0 Å². The van der Waals surface area contributed by atoms with E-state index in [1.54, 1.807) is 24.3 Å². The summed E-state index contributed by atoms with van der Waals surface area (Å²) < 4.78 is 26.8. The third-order valence-electron chi connectivity index (χ3n) is 7.13. The summed E-state index contributed by atoms with van der Waals surface area (Å²) in [6.07, 6.45) is 5.04. The van der Waals surface area contributed by atoms with E-state index in [0.29, 0.717) is 15.6 Å². The van der Waals surface area contributed by atoms with Crippen molar-refractivity contribution in [1.82, 2.24) is 10.2 Å². The first-order valence-corrected chi connectivity index (χ1v) is 16.3. The number of nitrogens with one attached hydrogen (secondary N) is 1. The lowest BCUT2D eigenvalue weighted by Crippen LogP contribution is -2.54. The average Bonchev–Trinajstić information content (AvgIpc) is 3.43. The molecule has 1 aliphatic carbocycles. The van der Waals surface area contributed by atoms with Crippen molar-refractivity contribution in [2.45, 2.75) is 50.7 Å². The molecule has 3 aromatic rings. The monoisotopic (exact) mass is 635 g/mol. The molecule has 3 aromatic carbocycles. The van der Waals surface area contributed by atoms with Crippen molar-refractivity contribution in [2.24, 2.45) is 0 Å². The number of sulfonamides is 1. The second kappa shape index (κ2) is 13.9. The molecular weight excluding hydrogens is 605 g/mol. The van der Waals surface area contributed by atoms with Gasteiger partial charge in [-0.05, 0) is 48.2 Å². The van der Waals surface area contributed by atoms with E-state index in [1.165, 1.54) is 23.1 Å². The van der Waals surface area contributed by atoms with E-state index in [1.807, 2.05) is 30.3 Å². The van der Waals surface area contributed by atoms with Crippen LogP contribution in [-0.4, -0.2) is 50.0 Å². The minimum atomic E-state index is -3.95. The molecule has 1 N–H and O–H groups in total. The topological polar surface area (TPSA) is 86.8 Å². The minimum Gasteiger partial charge on any atom is -0.352 e. The highest BCUT2D eigenvalue weighted by molar-refractivity contribution is 7.92. The van der Waals surface area contributed by atoms with Crippen molar-refractivity contribution in [3.8, 4) is 0 Å². The van der Waals surface area contributed by atoms with Gasteiger partial charge >= 0.3 is 0 Å². The van der Waals surface area contributed by atoms with E-state index in [0.717, 1.165) is 41.8 Å². The SMILES string of the molecule is CS(=O)(=O)N(CC(=O)N(Cc1ccccc1Cl)[C@@H](Cc1ccccc1)C(=O)NC1CCCC1)c1ccc(Cl)cc1Cl. The first-order chi connectivity index (χ1) is 19.5. The van der Waals surface area contributed by atoms with Crippen molar-refractivity contribution in [1.29, 1.82) is 0 Å². The molecule has 7 nitrogen and oxygen atoms in total. The maximum atomic E-state index is 14.2. The predicted octanol–water partition coefficient (Wildman–Crippen LogP) is 6.11. The van der Waals surface area contributed by atoms with Gasteiger partial charge in [0.1, 0.15) is 12.6 Å². The molecule has 218 valence electrons.